The molecule has 0 spiro atoms. The number of hydrogen-bond donors (Lipinski definition) is 3. The molecule has 3 amide bonds. The lowest BCUT2D eigenvalue weighted by molar-refractivity contribution is -0.143. The fraction of sp³-hybridized carbons (Fsp3) is 0.690. The van der Waals surface area contributed by atoms with Crippen LogP contribution in [-0.2, 0) is 14.3 Å². The molecule has 0 saturated heterocycles. The van der Waals surface area contributed by atoms with Crippen LogP contribution in [0.1, 0.15) is 104 Å². The molecule has 8 heteroatoms. The maximum Gasteiger partial charge on any atom is 0.408 e. The minimum absolute atomic E-state index is 0.0557. The lowest BCUT2D eigenvalue weighted by Crippen LogP contribution is -2.55. The van der Waals surface area contributed by atoms with Crippen molar-refractivity contribution in [2.75, 3.05) is 13.2 Å². The Labute approximate surface area is 223 Å². The summed E-state index contributed by atoms with van der Waals surface area (Å²) in [4.78, 5) is 41.4. The number of nitrogens with zero attached hydrogens (tertiary/aromatic N) is 1. The molecule has 0 fully saturated rings. The van der Waals surface area contributed by atoms with Gasteiger partial charge in [-0.25, -0.2) is 4.79 Å². The van der Waals surface area contributed by atoms with E-state index in [0.717, 1.165) is 44.1 Å². The molecule has 3 unspecified atom stereocenters. The molecule has 3 N–H and O–H groups in total. The van der Waals surface area contributed by atoms with Gasteiger partial charge in [-0.1, -0.05) is 75.8 Å². The number of rotatable bonds is 15. The van der Waals surface area contributed by atoms with Crippen LogP contribution in [0.5, 0.6) is 0 Å². The summed E-state index contributed by atoms with van der Waals surface area (Å²) in [7, 11) is 0. The molecule has 0 aliphatic carbocycles. The van der Waals surface area contributed by atoms with Crippen molar-refractivity contribution in [2.45, 2.75) is 117 Å². The molecular weight excluding hydrogens is 470 g/mol. The van der Waals surface area contributed by atoms with Crippen molar-refractivity contribution in [3.05, 3.63) is 35.4 Å². The van der Waals surface area contributed by atoms with E-state index in [1.54, 1.807) is 20.8 Å². The predicted octanol–water partition coefficient (Wildman–Crippen LogP) is 5.03. The second-order valence-corrected chi connectivity index (χ2v) is 10.8. The molecule has 1 aromatic rings. The van der Waals surface area contributed by atoms with Gasteiger partial charge in [0.15, 0.2) is 0 Å². The third kappa shape index (κ3) is 12.0. The van der Waals surface area contributed by atoms with Crippen molar-refractivity contribution in [2.24, 2.45) is 0 Å². The Hall–Kier alpha value is -2.61. The molecule has 1 aromatic carbocycles. The van der Waals surface area contributed by atoms with Gasteiger partial charge in [0.25, 0.3) is 0 Å². The third-order valence-corrected chi connectivity index (χ3v) is 5.99. The zero-order valence-electron chi connectivity index (χ0n) is 23.9. The molecule has 0 radical (unpaired) electrons. The molecule has 0 saturated carbocycles. The van der Waals surface area contributed by atoms with Crippen LogP contribution in [0.4, 0.5) is 4.79 Å². The summed E-state index contributed by atoms with van der Waals surface area (Å²) in [6.45, 7) is 13.0. The molecule has 0 aliphatic heterocycles. The van der Waals surface area contributed by atoms with Gasteiger partial charge in [-0.3, -0.25) is 9.59 Å². The summed E-state index contributed by atoms with van der Waals surface area (Å²) in [6, 6.07) is 5.36. The number of amides is 3. The zero-order chi connectivity index (χ0) is 28.0. The lowest BCUT2D eigenvalue weighted by Gasteiger charge is -2.35. The van der Waals surface area contributed by atoms with Crippen LogP contribution in [-0.4, -0.2) is 58.8 Å². The SMILES string of the molecule is CCCCCCCN(C(=O)C(CO)NC(=O)OC(C)(C)C)C(C(=O)NC(C)CCC)c1cccc(C)c1. The highest BCUT2D eigenvalue weighted by molar-refractivity contribution is 5.92. The van der Waals surface area contributed by atoms with Crippen LogP contribution < -0.4 is 10.6 Å². The number of alkyl carbamates (subject to hydrolysis) is 1. The molecule has 0 bridgehead atoms. The van der Waals surface area contributed by atoms with Gasteiger partial charge in [-0.15, -0.1) is 0 Å². The number of carbonyl (C=O) groups is 3. The number of aryl methyl sites for hydroxylation is 1. The molecule has 3 atom stereocenters. The smallest absolute Gasteiger partial charge is 0.408 e. The normalized spacial score (nSPS) is 13.8. The maximum atomic E-state index is 13.8. The second kappa shape index (κ2) is 16.3. The fourth-order valence-corrected chi connectivity index (χ4v) is 4.23. The van der Waals surface area contributed by atoms with E-state index in [9.17, 15) is 19.5 Å². The monoisotopic (exact) mass is 519 g/mol. The number of ether oxygens (including phenoxy) is 1. The first-order valence-electron chi connectivity index (χ1n) is 13.7. The molecule has 37 heavy (non-hydrogen) atoms. The molecule has 0 heterocycles. The molecule has 8 nitrogen and oxygen atoms in total. The van der Waals surface area contributed by atoms with E-state index in [1.807, 2.05) is 38.1 Å². The fourth-order valence-electron chi connectivity index (χ4n) is 4.23. The van der Waals surface area contributed by atoms with Crippen molar-refractivity contribution < 1.29 is 24.2 Å². The minimum Gasteiger partial charge on any atom is -0.444 e. The highest BCUT2D eigenvalue weighted by Gasteiger charge is 2.36. The van der Waals surface area contributed by atoms with Crippen LogP contribution in [0, 0.1) is 6.92 Å². The summed E-state index contributed by atoms with van der Waals surface area (Å²) in [5.41, 5.74) is 0.904. The zero-order valence-corrected chi connectivity index (χ0v) is 23.9. The van der Waals surface area contributed by atoms with Crippen molar-refractivity contribution in [3.8, 4) is 0 Å². The van der Waals surface area contributed by atoms with Crippen LogP contribution >= 0.6 is 0 Å². The molecule has 0 aliphatic rings. The van der Waals surface area contributed by atoms with Crippen molar-refractivity contribution in [3.63, 3.8) is 0 Å². The first kappa shape index (κ1) is 32.4. The van der Waals surface area contributed by atoms with E-state index in [4.69, 9.17) is 4.74 Å². The second-order valence-electron chi connectivity index (χ2n) is 10.8. The highest BCUT2D eigenvalue weighted by Crippen LogP contribution is 2.25. The largest absolute Gasteiger partial charge is 0.444 e. The number of nitrogens with one attached hydrogen (secondary N) is 2. The van der Waals surface area contributed by atoms with Gasteiger partial charge in [0, 0.05) is 12.6 Å². The number of carbonyl (C=O) groups excluding carboxylic acids is 3. The number of hydrogen-bond acceptors (Lipinski definition) is 5. The Kier molecular flexibility index (Phi) is 14.3. The van der Waals surface area contributed by atoms with Crippen LogP contribution in [0.2, 0.25) is 0 Å². The number of aliphatic hydroxyl groups is 1. The van der Waals surface area contributed by atoms with Gasteiger partial charge in [0.1, 0.15) is 17.7 Å². The Morgan fingerprint density at radius 3 is 2.27 bits per heavy atom. The van der Waals surface area contributed by atoms with E-state index in [0.29, 0.717) is 18.5 Å². The summed E-state index contributed by atoms with van der Waals surface area (Å²) in [5.74, 6) is -0.795. The minimum atomic E-state index is -1.24. The standard InChI is InChI=1S/C29H49N3O5/c1-8-10-11-12-13-18-32(27(35)24(20-33)31-28(36)37-29(5,6)7)25(23-17-14-16-21(3)19-23)26(34)30-22(4)15-9-2/h14,16-17,19,22,24-25,33H,8-13,15,18,20H2,1-7H3,(H,30,34)(H,31,36). The number of benzene rings is 1. The number of unbranched alkanes of at least 4 members (excludes halogenated alkanes) is 4. The molecular formula is C29H49N3O5. The van der Waals surface area contributed by atoms with Crippen LogP contribution in [0.25, 0.3) is 0 Å². The summed E-state index contributed by atoms with van der Waals surface area (Å²) in [5, 5.41) is 15.6. The van der Waals surface area contributed by atoms with E-state index < -0.39 is 36.3 Å². The van der Waals surface area contributed by atoms with E-state index in [2.05, 4.69) is 24.5 Å². The molecule has 0 aromatic heterocycles. The summed E-state index contributed by atoms with van der Waals surface area (Å²) >= 11 is 0. The first-order chi connectivity index (χ1) is 17.4. The topological polar surface area (TPSA) is 108 Å². The van der Waals surface area contributed by atoms with Crippen molar-refractivity contribution in [1.82, 2.24) is 15.5 Å². The van der Waals surface area contributed by atoms with Gasteiger partial charge in [-0.2, -0.15) is 0 Å². The van der Waals surface area contributed by atoms with Gasteiger partial charge in [0.2, 0.25) is 11.8 Å². The van der Waals surface area contributed by atoms with E-state index in [1.165, 1.54) is 4.90 Å². The Bertz CT molecular complexity index is 852. The van der Waals surface area contributed by atoms with Gasteiger partial charge < -0.3 is 25.4 Å². The summed E-state index contributed by atoms with van der Waals surface area (Å²) in [6.07, 6.45) is 5.79. The maximum absolute atomic E-state index is 13.8. The molecule has 210 valence electrons. The van der Waals surface area contributed by atoms with Gasteiger partial charge >= 0.3 is 6.09 Å². The third-order valence-electron chi connectivity index (χ3n) is 5.99. The number of aliphatic hydroxyl groups excluding tert-OH is 1. The Balaban J connectivity index is 3.37. The van der Waals surface area contributed by atoms with Crippen molar-refractivity contribution in [1.29, 1.82) is 0 Å². The Morgan fingerprint density at radius 2 is 1.70 bits per heavy atom. The van der Waals surface area contributed by atoms with Gasteiger partial charge in [-0.05, 0) is 53.0 Å². The Morgan fingerprint density at radius 1 is 1.03 bits per heavy atom. The highest BCUT2D eigenvalue weighted by atomic mass is 16.6. The van der Waals surface area contributed by atoms with Gasteiger partial charge in [0.05, 0.1) is 6.61 Å². The van der Waals surface area contributed by atoms with Crippen LogP contribution in [0.15, 0.2) is 24.3 Å². The first-order valence-corrected chi connectivity index (χ1v) is 13.7. The average Bonchev–Trinajstić information content (AvgIpc) is 2.80. The van der Waals surface area contributed by atoms with E-state index in [-0.39, 0.29) is 11.9 Å². The molecule has 1 rings (SSSR count). The lowest BCUT2D eigenvalue weighted by atomic mass is 9.99. The van der Waals surface area contributed by atoms with E-state index >= 15 is 0 Å². The quantitative estimate of drug-likeness (QED) is 0.282. The average molecular weight is 520 g/mol. The predicted molar refractivity (Wildman–Crippen MR) is 147 cm³/mol. The van der Waals surface area contributed by atoms with Crippen molar-refractivity contribution >= 4 is 17.9 Å². The summed E-state index contributed by atoms with van der Waals surface area (Å²) < 4.78 is 5.30. The van der Waals surface area contributed by atoms with Crippen LogP contribution in [0.3, 0.4) is 0 Å².